The maximum Gasteiger partial charge on any atom is 0.294 e. The molecule has 0 aliphatic carbocycles. The van der Waals surface area contributed by atoms with Gasteiger partial charge in [0.2, 0.25) is 5.78 Å². The molecule has 2 aromatic carbocycles. The smallest absolute Gasteiger partial charge is 0.294 e. The van der Waals surface area contributed by atoms with Crippen LogP contribution >= 0.6 is 0 Å². The summed E-state index contributed by atoms with van der Waals surface area (Å²) in [6.45, 7) is 1.83. The lowest BCUT2D eigenvalue weighted by atomic mass is 9.94. The Bertz CT molecular complexity index is 1080. The lowest BCUT2D eigenvalue weighted by Gasteiger charge is -2.28. The fraction of sp³-hybridized carbons (Fsp3) is 0.0909. The normalized spacial score (nSPS) is 16.7. The van der Waals surface area contributed by atoms with Gasteiger partial charge in [-0.15, -0.1) is 0 Å². The standard InChI is InChI=1S/C22H16FNO4/c1-13-5-2-3-6-16(13)24-19(14-8-10-15(23)11-9-14)18(21(26)22(24)27)20(25)17-7-4-12-28-17/h2-12,19,26H,1H3. The van der Waals surface area contributed by atoms with Crippen molar-refractivity contribution < 1.29 is 23.5 Å². The Morgan fingerprint density at radius 2 is 1.79 bits per heavy atom. The van der Waals surface area contributed by atoms with Crippen LogP contribution in [-0.2, 0) is 4.79 Å². The molecule has 0 radical (unpaired) electrons. The van der Waals surface area contributed by atoms with Crippen molar-refractivity contribution >= 4 is 17.4 Å². The minimum atomic E-state index is -0.910. The van der Waals surface area contributed by atoms with Crippen LogP contribution in [0.5, 0.6) is 0 Å². The van der Waals surface area contributed by atoms with Gasteiger partial charge in [0.25, 0.3) is 5.91 Å². The van der Waals surface area contributed by atoms with E-state index in [0.717, 1.165) is 5.56 Å². The molecule has 1 aromatic heterocycles. The van der Waals surface area contributed by atoms with E-state index >= 15 is 0 Å². The second-order valence-corrected chi connectivity index (χ2v) is 6.48. The van der Waals surface area contributed by atoms with E-state index in [-0.39, 0.29) is 11.3 Å². The van der Waals surface area contributed by atoms with E-state index in [1.54, 1.807) is 18.2 Å². The highest BCUT2D eigenvalue weighted by Crippen LogP contribution is 2.42. The Hall–Kier alpha value is -3.67. The summed E-state index contributed by atoms with van der Waals surface area (Å²) >= 11 is 0. The van der Waals surface area contributed by atoms with Crippen LogP contribution in [0.25, 0.3) is 0 Å². The summed E-state index contributed by atoms with van der Waals surface area (Å²) in [7, 11) is 0. The molecule has 0 saturated carbocycles. The summed E-state index contributed by atoms with van der Waals surface area (Å²) < 4.78 is 18.6. The molecule has 0 bridgehead atoms. The Labute approximate surface area is 160 Å². The number of hydrogen-bond acceptors (Lipinski definition) is 4. The highest BCUT2D eigenvalue weighted by molar-refractivity contribution is 6.20. The van der Waals surface area contributed by atoms with Gasteiger partial charge in [-0.2, -0.15) is 0 Å². The Morgan fingerprint density at radius 3 is 2.43 bits per heavy atom. The van der Waals surface area contributed by atoms with E-state index in [1.807, 2.05) is 19.1 Å². The van der Waals surface area contributed by atoms with E-state index in [4.69, 9.17) is 4.42 Å². The number of carbonyl (C=O) groups is 2. The average Bonchev–Trinajstić information content (AvgIpc) is 3.31. The number of ketones is 1. The number of furan rings is 1. The van der Waals surface area contributed by atoms with E-state index in [0.29, 0.717) is 11.3 Å². The molecule has 2 heterocycles. The topological polar surface area (TPSA) is 70.8 Å². The number of benzene rings is 2. The first-order valence-electron chi connectivity index (χ1n) is 8.65. The fourth-order valence-corrected chi connectivity index (χ4v) is 3.42. The second kappa shape index (κ2) is 6.81. The van der Waals surface area contributed by atoms with E-state index in [1.165, 1.54) is 41.5 Å². The maximum absolute atomic E-state index is 13.5. The molecule has 6 heteroatoms. The lowest BCUT2D eigenvalue weighted by Crippen LogP contribution is -2.31. The van der Waals surface area contributed by atoms with Crippen LogP contribution < -0.4 is 4.90 Å². The molecule has 1 unspecified atom stereocenters. The number of aliphatic hydroxyl groups excluding tert-OH is 1. The maximum atomic E-state index is 13.5. The van der Waals surface area contributed by atoms with Gasteiger partial charge in [0.05, 0.1) is 17.9 Å². The summed E-state index contributed by atoms with van der Waals surface area (Å²) in [5.74, 6) is -2.37. The molecule has 140 valence electrons. The molecule has 28 heavy (non-hydrogen) atoms. The lowest BCUT2D eigenvalue weighted by molar-refractivity contribution is -0.117. The molecule has 1 N–H and O–H groups in total. The zero-order chi connectivity index (χ0) is 19.8. The predicted octanol–water partition coefficient (Wildman–Crippen LogP) is 4.51. The number of Topliss-reactive ketones (excluding diaryl/α,β-unsaturated/α-hetero) is 1. The zero-order valence-corrected chi connectivity index (χ0v) is 14.9. The largest absolute Gasteiger partial charge is 0.503 e. The van der Waals surface area contributed by atoms with Gasteiger partial charge in [-0.05, 0) is 48.4 Å². The summed E-state index contributed by atoms with van der Waals surface area (Å²) in [5.41, 5.74) is 1.74. The van der Waals surface area contributed by atoms with Gasteiger partial charge in [0.1, 0.15) is 5.82 Å². The summed E-state index contributed by atoms with van der Waals surface area (Å²) in [6, 6.07) is 14.7. The number of carbonyl (C=O) groups excluding carboxylic acids is 2. The van der Waals surface area contributed by atoms with Crippen LogP contribution in [0.2, 0.25) is 0 Å². The fourth-order valence-electron chi connectivity index (χ4n) is 3.42. The molecule has 5 nitrogen and oxygen atoms in total. The first-order valence-corrected chi connectivity index (χ1v) is 8.65. The quantitative estimate of drug-likeness (QED) is 0.679. The van der Waals surface area contributed by atoms with Crippen LogP contribution in [0.1, 0.15) is 27.7 Å². The van der Waals surface area contributed by atoms with Crippen molar-refractivity contribution in [1.29, 1.82) is 0 Å². The number of aryl methyl sites for hydroxylation is 1. The predicted molar refractivity (Wildman–Crippen MR) is 100 cm³/mol. The van der Waals surface area contributed by atoms with Crippen LogP contribution in [0.4, 0.5) is 10.1 Å². The van der Waals surface area contributed by atoms with E-state index in [2.05, 4.69) is 0 Å². The minimum Gasteiger partial charge on any atom is -0.503 e. The highest BCUT2D eigenvalue weighted by atomic mass is 19.1. The summed E-state index contributed by atoms with van der Waals surface area (Å²) in [4.78, 5) is 27.3. The van der Waals surface area contributed by atoms with E-state index in [9.17, 15) is 19.1 Å². The first kappa shape index (κ1) is 17.7. The molecule has 3 aromatic rings. The Morgan fingerprint density at radius 1 is 1.07 bits per heavy atom. The van der Waals surface area contributed by atoms with Gasteiger partial charge in [-0.1, -0.05) is 30.3 Å². The van der Waals surface area contributed by atoms with Crippen molar-refractivity contribution in [1.82, 2.24) is 0 Å². The van der Waals surface area contributed by atoms with Gasteiger partial charge in [-0.3, -0.25) is 14.5 Å². The van der Waals surface area contributed by atoms with Gasteiger partial charge in [0, 0.05) is 5.69 Å². The Kier molecular flexibility index (Phi) is 4.31. The van der Waals surface area contributed by atoms with Crippen LogP contribution in [-0.4, -0.2) is 16.8 Å². The van der Waals surface area contributed by atoms with Crippen molar-refractivity contribution in [3.63, 3.8) is 0 Å². The molecule has 1 aliphatic rings. The third-order valence-corrected chi connectivity index (χ3v) is 4.76. The molecule has 4 rings (SSSR count). The first-order chi connectivity index (χ1) is 13.5. The number of amides is 1. The van der Waals surface area contributed by atoms with Gasteiger partial charge in [-0.25, -0.2) is 4.39 Å². The third-order valence-electron chi connectivity index (χ3n) is 4.76. The van der Waals surface area contributed by atoms with Gasteiger partial charge < -0.3 is 9.52 Å². The molecule has 0 spiro atoms. The Balaban J connectivity index is 1.91. The minimum absolute atomic E-state index is 0.00750. The third kappa shape index (κ3) is 2.79. The molecule has 1 atom stereocenters. The van der Waals surface area contributed by atoms with Crippen molar-refractivity contribution in [2.24, 2.45) is 0 Å². The molecule has 0 saturated heterocycles. The number of hydrogen-bond donors (Lipinski definition) is 1. The number of anilines is 1. The number of aliphatic hydroxyl groups is 1. The average molecular weight is 377 g/mol. The zero-order valence-electron chi connectivity index (χ0n) is 14.9. The number of halogens is 1. The van der Waals surface area contributed by atoms with Crippen molar-refractivity contribution in [3.05, 3.63) is 101 Å². The molecule has 0 fully saturated rings. The number of para-hydroxylation sites is 1. The van der Waals surface area contributed by atoms with Crippen molar-refractivity contribution in [2.45, 2.75) is 13.0 Å². The van der Waals surface area contributed by atoms with Gasteiger partial charge >= 0.3 is 0 Å². The SMILES string of the molecule is Cc1ccccc1N1C(=O)C(O)=C(C(=O)c2ccco2)C1c1ccc(F)cc1. The second-order valence-electron chi connectivity index (χ2n) is 6.48. The van der Waals surface area contributed by atoms with Gasteiger partial charge in [0.15, 0.2) is 11.5 Å². The number of nitrogens with zero attached hydrogens (tertiary/aromatic N) is 1. The molecular weight excluding hydrogens is 361 g/mol. The molecule has 1 aliphatic heterocycles. The van der Waals surface area contributed by atoms with E-state index < -0.39 is 29.3 Å². The number of rotatable bonds is 4. The van der Waals surface area contributed by atoms with Crippen LogP contribution in [0.15, 0.2) is 82.7 Å². The highest BCUT2D eigenvalue weighted by Gasteiger charge is 2.45. The summed E-state index contributed by atoms with van der Waals surface area (Å²) in [5, 5.41) is 10.6. The van der Waals surface area contributed by atoms with Crippen LogP contribution in [0, 0.1) is 12.7 Å². The molecular formula is C22H16FNO4. The summed E-state index contributed by atoms with van der Waals surface area (Å²) in [6.07, 6.45) is 1.34. The monoisotopic (exact) mass is 377 g/mol. The van der Waals surface area contributed by atoms with Crippen molar-refractivity contribution in [3.8, 4) is 0 Å². The molecule has 1 amide bonds. The van der Waals surface area contributed by atoms with Crippen LogP contribution in [0.3, 0.4) is 0 Å². The van der Waals surface area contributed by atoms with Crippen molar-refractivity contribution in [2.75, 3.05) is 4.90 Å².